The maximum absolute atomic E-state index is 12.9. The Morgan fingerprint density at radius 1 is 1.21 bits per heavy atom. The lowest BCUT2D eigenvalue weighted by molar-refractivity contribution is -0.110. The number of halogens is 3. The van der Waals surface area contributed by atoms with E-state index >= 15 is 0 Å². The molecule has 0 aromatic heterocycles. The number of thioether (sulfide) groups is 1. The van der Waals surface area contributed by atoms with E-state index in [0.717, 1.165) is 11.8 Å². The van der Waals surface area contributed by atoms with Crippen LogP contribution in [0.2, 0.25) is 0 Å². The van der Waals surface area contributed by atoms with Gasteiger partial charge in [-0.1, -0.05) is 18.7 Å². The van der Waals surface area contributed by atoms with Crippen LogP contribution in [-0.4, -0.2) is 23.5 Å². The van der Waals surface area contributed by atoms with Gasteiger partial charge in [0, 0.05) is 18.6 Å². The molecule has 0 radical (unpaired) electrons. The summed E-state index contributed by atoms with van der Waals surface area (Å²) >= 11 is 1.07. The predicted octanol–water partition coefficient (Wildman–Crippen LogP) is 3.43. The van der Waals surface area contributed by atoms with Gasteiger partial charge in [0.05, 0.1) is 0 Å². The molecule has 0 spiro atoms. The molecular formula is C9H15F3OS. The topological polar surface area (TPSA) is 17.1 Å². The molecule has 0 rings (SSSR count). The molecule has 0 fully saturated rings. The summed E-state index contributed by atoms with van der Waals surface area (Å²) in [5.74, 6) is 0.386. The Kier molecular flexibility index (Phi) is 8.04. The minimum atomic E-state index is -2.43. The molecule has 1 unspecified atom stereocenters. The van der Waals surface area contributed by atoms with Gasteiger partial charge in [-0.3, -0.25) is 4.79 Å². The fourth-order valence-electron chi connectivity index (χ4n) is 0.854. The van der Waals surface area contributed by atoms with Crippen molar-refractivity contribution in [2.24, 2.45) is 0 Å². The van der Waals surface area contributed by atoms with Crippen molar-refractivity contribution in [2.75, 3.05) is 5.75 Å². The molecule has 0 aliphatic heterocycles. The van der Waals surface area contributed by atoms with Crippen molar-refractivity contribution in [3.8, 4) is 0 Å². The van der Waals surface area contributed by atoms with Crippen LogP contribution >= 0.6 is 11.8 Å². The van der Waals surface area contributed by atoms with Crippen molar-refractivity contribution >= 4 is 16.9 Å². The van der Waals surface area contributed by atoms with Gasteiger partial charge < -0.3 is 0 Å². The zero-order chi connectivity index (χ0) is 11.0. The average molecular weight is 228 g/mol. The third kappa shape index (κ3) is 8.41. The number of hydrogen-bond acceptors (Lipinski definition) is 2. The zero-order valence-corrected chi connectivity index (χ0v) is 8.96. The van der Waals surface area contributed by atoms with Crippen LogP contribution in [0.1, 0.15) is 32.6 Å². The van der Waals surface area contributed by atoms with E-state index in [2.05, 4.69) is 0 Å². The van der Waals surface area contributed by atoms with Gasteiger partial charge in [-0.2, -0.15) is 0 Å². The summed E-state index contributed by atoms with van der Waals surface area (Å²) in [6, 6.07) is 0. The number of rotatable bonds is 7. The Morgan fingerprint density at radius 3 is 2.36 bits per heavy atom. The first kappa shape index (κ1) is 13.8. The molecule has 0 aromatic carbocycles. The number of alkyl halides is 3. The minimum Gasteiger partial charge on any atom is -0.287 e. The van der Waals surface area contributed by atoms with E-state index in [-0.39, 0.29) is 18.0 Å². The molecule has 84 valence electrons. The average Bonchev–Trinajstić information content (AvgIpc) is 2.14. The molecule has 0 aliphatic carbocycles. The quantitative estimate of drug-likeness (QED) is 0.664. The molecule has 0 N–H and O–H groups in total. The van der Waals surface area contributed by atoms with E-state index in [1.807, 2.05) is 0 Å². The number of carbonyl (C=O) groups excluding carboxylic acids is 1. The maximum Gasteiger partial charge on any atom is 0.238 e. The van der Waals surface area contributed by atoms with Gasteiger partial charge in [0.2, 0.25) is 6.43 Å². The third-order valence-corrected chi connectivity index (χ3v) is 2.73. The van der Waals surface area contributed by atoms with Crippen LogP contribution in [0.3, 0.4) is 0 Å². The van der Waals surface area contributed by atoms with E-state index in [9.17, 15) is 18.0 Å². The second-order valence-corrected chi connectivity index (χ2v) is 4.08. The van der Waals surface area contributed by atoms with Crippen molar-refractivity contribution in [3.05, 3.63) is 0 Å². The van der Waals surface area contributed by atoms with Crippen molar-refractivity contribution in [1.82, 2.24) is 0 Å². The summed E-state index contributed by atoms with van der Waals surface area (Å²) in [6.07, 6.45) is -3.53. The molecule has 0 amide bonds. The van der Waals surface area contributed by atoms with E-state index in [1.54, 1.807) is 6.92 Å². The van der Waals surface area contributed by atoms with Gasteiger partial charge in [-0.15, -0.1) is 0 Å². The molecule has 0 aromatic rings. The van der Waals surface area contributed by atoms with Gasteiger partial charge in [0.25, 0.3) is 0 Å². The highest BCUT2D eigenvalue weighted by atomic mass is 32.2. The molecule has 0 heterocycles. The molecule has 14 heavy (non-hydrogen) atoms. The zero-order valence-electron chi connectivity index (χ0n) is 8.14. The summed E-state index contributed by atoms with van der Waals surface area (Å²) in [7, 11) is 0. The lowest BCUT2D eigenvalue weighted by Crippen LogP contribution is -2.05. The highest BCUT2D eigenvalue weighted by Crippen LogP contribution is 2.15. The lowest BCUT2D eigenvalue weighted by Gasteiger charge is -2.06. The first-order valence-electron chi connectivity index (χ1n) is 4.64. The fourth-order valence-corrected chi connectivity index (χ4v) is 1.66. The monoisotopic (exact) mass is 228 g/mol. The first-order chi connectivity index (χ1) is 6.56. The highest BCUT2D eigenvalue weighted by Gasteiger charge is 2.11. The van der Waals surface area contributed by atoms with Crippen LogP contribution in [0.5, 0.6) is 0 Å². The van der Waals surface area contributed by atoms with Crippen LogP contribution in [0.15, 0.2) is 0 Å². The summed E-state index contributed by atoms with van der Waals surface area (Å²) in [5, 5.41) is 0.0195. The second-order valence-electron chi connectivity index (χ2n) is 2.93. The molecule has 0 bridgehead atoms. The Balaban J connectivity index is 3.35. The Morgan fingerprint density at radius 2 is 1.86 bits per heavy atom. The Hall–Kier alpha value is -0.190. The molecule has 1 atom stereocenters. The van der Waals surface area contributed by atoms with E-state index in [0.29, 0.717) is 12.2 Å². The van der Waals surface area contributed by atoms with Crippen LogP contribution in [-0.2, 0) is 4.79 Å². The Labute approximate surface area is 86.4 Å². The molecule has 5 heteroatoms. The SMILES string of the molecule is CCC(=O)SCCC(F)CCC(F)F. The predicted molar refractivity (Wildman–Crippen MR) is 52.5 cm³/mol. The van der Waals surface area contributed by atoms with Gasteiger partial charge in [-0.05, 0) is 12.8 Å². The van der Waals surface area contributed by atoms with Crippen LogP contribution in [0.4, 0.5) is 13.2 Å². The standard InChI is InChI=1S/C9H15F3OS/c1-2-9(13)14-6-5-7(10)3-4-8(11)12/h7-8H,2-6H2,1H3. The summed E-state index contributed by atoms with van der Waals surface area (Å²) < 4.78 is 36.2. The largest absolute Gasteiger partial charge is 0.287 e. The van der Waals surface area contributed by atoms with Crippen LogP contribution in [0.25, 0.3) is 0 Å². The number of carbonyl (C=O) groups is 1. The highest BCUT2D eigenvalue weighted by molar-refractivity contribution is 8.13. The lowest BCUT2D eigenvalue weighted by atomic mass is 10.2. The van der Waals surface area contributed by atoms with Crippen molar-refractivity contribution in [3.63, 3.8) is 0 Å². The van der Waals surface area contributed by atoms with Crippen molar-refractivity contribution in [1.29, 1.82) is 0 Å². The molecule has 0 saturated heterocycles. The Bertz CT molecular complexity index is 164. The van der Waals surface area contributed by atoms with E-state index < -0.39 is 19.0 Å². The van der Waals surface area contributed by atoms with Gasteiger partial charge >= 0.3 is 0 Å². The summed E-state index contributed by atoms with van der Waals surface area (Å²) in [5.41, 5.74) is 0. The molecule has 0 aliphatic rings. The van der Waals surface area contributed by atoms with Crippen molar-refractivity contribution < 1.29 is 18.0 Å². The van der Waals surface area contributed by atoms with E-state index in [1.165, 1.54) is 0 Å². The van der Waals surface area contributed by atoms with Gasteiger partial charge in [-0.25, -0.2) is 13.2 Å². The van der Waals surface area contributed by atoms with Gasteiger partial charge in [0.15, 0.2) is 5.12 Å². The van der Waals surface area contributed by atoms with Gasteiger partial charge in [0.1, 0.15) is 6.17 Å². The molecule has 1 nitrogen and oxygen atoms in total. The van der Waals surface area contributed by atoms with E-state index in [4.69, 9.17) is 0 Å². The fraction of sp³-hybridized carbons (Fsp3) is 0.889. The second kappa shape index (κ2) is 8.15. The molecule has 0 saturated carbocycles. The summed E-state index contributed by atoms with van der Waals surface area (Å²) in [6.45, 7) is 1.74. The maximum atomic E-state index is 12.9. The van der Waals surface area contributed by atoms with Crippen molar-refractivity contribution in [2.45, 2.75) is 45.2 Å². The minimum absolute atomic E-state index is 0.0195. The smallest absolute Gasteiger partial charge is 0.238 e. The van der Waals surface area contributed by atoms with Crippen LogP contribution < -0.4 is 0 Å². The molecular weight excluding hydrogens is 213 g/mol. The third-order valence-electron chi connectivity index (χ3n) is 1.68. The number of hydrogen-bond donors (Lipinski definition) is 0. The van der Waals surface area contributed by atoms with Crippen LogP contribution in [0, 0.1) is 0 Å². The summed E-state index contributed by atoms with van der Waals surface area (Å²) in [4.78, 5) is 10.8. The normalized spacial score (nSPS) is 13.2. The first-order valence-corrected chi connectivity index (χ1v) is 5.62.